The minimum absolute atomic E-state index is 0.0996. The molecule has 0 aliphatic carbocycles. The lowest BCUT2D eigenvalue weighted by molar-refractivity contribution is -0.136. The van der Waals surface area contributed by atoms with Crippen LogP contribution >= 0.6 is 0 Å². The Kier molecular flexibility index (Phi) is 6.19. The van der Waals surface area contributed by atoms with E-state index < -0.39 is 5.97 Å². The molecule has 0 radical (unpaired) electrons. The highest BCUT2D eigenvalue weighted by Crippen LogP contribution is 2.27. The summed E-state index contributed by atoms with van der Waals surface area (Å²) < 4.78 is 10.7. The second-order valence-corrected chi connectivity index (χ2v) is 6.79. The van der Waals surface area contributed by atoms with Crippen molar-refractivity contribution >= 4 is 17.6 Å². The number of hydrogen-bond donors (Lipinski definition) is 2. The molecule has 0 saturated heterocycles. The average molecular weight is 396 g/mol. The fourth-order valence-electron chi connectivity index (χ4n) is 3.01. The predicted molar refractivity (Wildman–Crippen MR) is 109 cm³/mol. The fraction of sp³-hybridized carbons (Fsp3) is 0.273. The molecular weight excluding hydrogens is 372 g/mol. The topological polar surface area (TPSA) is 88.1 Å². The first-order chi connectivity index (χ1) is 13.9. The number of esters is 1. The van der Waals surface area contributed by atoms with E-state index in [1.54, 1.807) is 24.3 Å². The monoisotopic (exact) mass is 396 g/mol. The van der Waals surface area contributed by atoms with E-state index in [-0.39, 0.29) is 36.9 Å². The van der Waals surface area contributed by atoms with E-state index in [1.807, 2.05) is 32.0 Å². The van der Waals surface area contributed by atoms with Gasteiger partial charge in [-0.05, 0) is 61.4 Å². The van der Waals surface area contributed by atoms with Gasteiger partial charge in [0, 0.05) is 12.2 Å². The van der Waals surface area contributed by atoms with E-state index in [4.69, 9.17) is 14.6 Å². The number of carbonyl (C=O) groups is 2. The molecule has 152 valence electrons. The van der Waals surface area contributed by atoms with E-state index in [1.165, 1.54) is 17.6 Å². The summed E-state index contributed by atoms with van der Waals surface area (Å²) in [6, 6.07) is 13.0. The molecule has 2 aromatic rings. The minimum atomic E-state index is -0.573. The zero-order valence-electron chi connectivity index (χ0n) is 16.7. The Morgan fingerprint density at radius 3 is 2.41 bits per heavy atom. The molecule has 0 saturated carbocycles. The summed E-state index contributed by atoms with van der Waals surface area (Å²) in [5.41, 5.74) is 3.38. The number of benzene rings is 2. The quantitative estimate of drug-likeness (QED) is 0.700. The Morgan fingerprint density at radius 2 is 1.79 bits per heavy atom. The van der Waals surface area contributed by atoms with Gasteiger partial charge in [-0.25, -0.2) is 4.79 Å². The Balaban J connectivity index is 1.75. The molecule has 1 amide bonds. The first-order valence-electron chi connectivity index (χ1n) is 9.26. The van der Waals surface area contributed by atoms with Crippen LogP contribution in [0.2, 0.25) is 0 Å². The average Bonchev–Trinajstić information content (AvgIpc) is 3.02. The Bertz CT molecular complexity index is 950. The number of anilines is 1. The lowest BCUT2D eigenvalue weighted by Crippen LogP contribution is -2.31. The number of carbonyl (C=O) groups excluding carboxylic acids is 2. The lowest BCUT2D eigenvalue weighted by atomic mass is 10.1. The van der Waals surface area contributed by atoms with Crippen LogP contribution in [0.5, 0.6) is 11.5 Å². The van der Waals surface area contributed by atoms with E-state index in [0.717, 1.165) is 11.3 Å². The highest BCUT2D eigenvalue weighted by Gasteiger charge is 2.34. The molecule has 7 heteroatoms. The number of nitrogens with one attached hydrogen (secondary N) is 1. The highest BCUT2D eigenvalue weighted by atomic mass is 16.5. The molecule has 2 aromatic carbocycles. The summed E-state index contributed by atoms with van der Waals surface area (Å²) in [5, 5.41) is 12.1. The Morgan fingerprint density at radius 1 is 1.10 bits per heavy atom. The van der Waals surface area contributed by atoms with Gasteiger partial charge in [0.05, 0.1) is 25.8 Å². The summed E-state index contributed by atoms with van der Waals surface area (Å²) in [6.07, 6.45) is 0. The van der Waals surface area contributed by atoms with Gasteiger partial charge in [0.15, 0.2) is 0 Å². The van der Waals surface area contributed by atoms with Gasteiger partial charge in [-0.3, -0.25) is 4.79 Å². The number of nitrogens with zero attached hydrogens (tertiary/aromatic N) is 1. The highest BCUT2D eigenvalue weighted by molar-refractivity contribution is 6.08. The van der Waals surface area contributed by atoms with Crippen LogP contribution in [0.4, 0.5) is 5.69 Å². The van der Waals surface area contributed by atoms with E-state index >= 15 is 0 Å². The summed E-state index contributed by atoms with van der Waals surface area (Å²) in [6.45, 7) is 4.14. The SMILES string of the molecule is COC(=O)C1=C(Nc2ccc(Oc3ccc(C)c(C)c3)cc2)C(=O)N(CCO)C1. The third-order valence-corrected chi connectivity index (χ3v) is 4.79. The third kappa shape index (κ3) is 4.57. The van der Waals surface area contributed by atoms with Crippen molar-refractivity contribution in [2.24, 2.45) is 0 Å². The van der Waals surface area contributed by atoms with Crippen LogP contribution in [0.3, 0.4) is 0 Å². The largest absolute Gasteiger partial charge is 0.466 e. The molecule has 0 aromatic heterocycles. The lowest BCUT2D eigenvalue weighted by Gasteiger charge is -2.15. The number of aliphatic hydroxyl groups is 1. The van der Waals surface area contributed by atoms with Crippen molar-refractivity contribution in [3.05, 3.63) is 64.9 Å². The number of aryl methyl sites for hydroxylation is 2. The maximum absolute atomic E-state index is 12.6. The normalized spacial score (nSPS) is 13.7. The molecular formula is C22H24N2O5. The van der Waals surface area contributed by atoms with Crippen LogP contribution in [0.15, 0.2) is 53.7 Å². The van der Waals surface area contributed by atoms with E-state index in [0.29, 0.717) is 11.4 Å². The number of aliphatic hydroxyl groups excluding tert-OH is 1. The van der Waals surface area contributed by atoms with Crippen molar-refractivity contribution in [3.8, 4) is 11.5 Å². The van der Waals surface area contributed by atoms with Crippen LogP contribution < -0.4 is 10.1 Å². The van der Waals surface area contributed by atoms with Crippen LogP contribution in [-0.2, 0) is 14.3 Å². The second-order valence-electron chi connectivity index (χ2n) is 6.79. The molecule has 2 N–H and O–H groups in total. The van der Waals surface area contributed by atoms with Gasteiger partial charge in [-0.15, -0.1) is 0 Å². The molecule has 0 bridgehead atoms. The summed E-state index contributed by atoms with van der Waals surface area (Å²) in [7, 11) is 1.27. The van der Waals surface area contributed by atoms with Crippen molar-refractivity contribution in [2.45, 2.75) is 13.8 Å². The van der Waals surface area contributed by atoms with Crippen molar-refractivity contribution in [3.63, 3.8) is 0 Å². The Hall–Kier alpha value is -3.32. The van der Waals surface area contributed by atoms with Crippen molar-refractivity contribution in [2.75, 3.05) is 32.1 Å². The molecule has 0 fully saturated rings. The van der Waals surface area contributed by atoms with Gasteiger partial charge in [0.1, 0.15) is 17.2 Å². The molecule has 3 rings (SSSR count). The third-order valence-electron chi connectivity index (χ3n) is 4.79. The predicted octanol–water partition coefficient (Wildman–Crippen LogP) is 2.77. The standard InChI is InChI=1S/C22H24N2O5/c1-14-4-7-18(12-15(14)2)29-17-8-5-16(6-9-17)23-20-19(22(27)28-3)13-24(10-11-25)21(20)26/h4-9,12,23,25H,10-11,13H2,1-3H3. The molecule has 1 heterocycles. The van der Waals surface area contributed by atoms with Crippen LogP contribution in [0, 0.1) is 13.8 Å². The maximum Gasteiger partial charge on any atom is 0.337 e. The van der Waals surface area contributed by atoms with Crippen molar-refractivity contribution < 1.29 is 24.2 Å². The zero-order valence-corrected chi connectivity index (χ0v) is 16.7. The number of amides is 1. The number of methoxy groups -OCH3 is 1. The van der Waals surface area contributed by atoms with Crippen LogP contribution in [0.1, 0.15) is 11.1 Å². The van der Waals surface area contributed by atoms with Crippen LogP contribution in [0.25, 0.3) is 0 Å². The molecule has 7 nitrogen and oxygen atoms in total. The smallest absolute Gasteiger partial charge is 0.337 e. The van der Waals surface area contributed by atoms with Gasteiger partial charge in [-0.2, -0.15) is 0 Å². The molecule has 0 spiro atoms. The molecule has 0 atom stereocenters. The maximum atomic E-state index is 12.6. The van der Waals surface area contributed by atoms with E-state index in [9.17, 15) is 9.59 Å². The van der Waals surface area contributed by atoms with Gasteiger partial charge in [-0.1, -0.05) is 6.07 Å². The molecule has 1 aliphatic rings. The molecule has 1 aliphatic heterocycles. The number of hydrogen-bond acceptors (Lipinski definition) is 6. The zero-order chi connectivity index (χ0) is 21.0. The van der Waals surface area contributed by atoms with Crippen molar-refractivity contribution in [1.82, 2.24) is 4.90 Å². The first-order valence-corrected chi connectivity index (χ1v) is 9.26. The fourth-order valence-corrected chi connectivity index (χ4v) is 3.01. The van der Waals surface area contributed by atoms with Crippen LogP contribution in [-0.4, -0.2) is 48.7 Å². The molecule has 0 unspecified atom stereocenters. The number of β-amino-alcohol motifs (C(OH)–C–C–N with tert-alkyl or cyclic N) is 1. The number of ether oxygens (including phenoxy) is 2. The van der Waals surface area contributed by atoms with E-state index in [2.05, 4.69) is 5.32 Å². The van der Waals surface area contributed by atoms with Gasteiger partial charge < -0.3 is 24.8 Å². The van der Waals surface area contributed by atoms with Crippen molar-refractivity contribution in [1.29, 1.82) is 0 Å². The molecule has 29 heavy (non-hydrogen) atoms. The minimum Gasteiger partial charge on any atom is -0.466 e. The Labute approximate surface area is 169 Å². The number of rotatable bonds is 7. The van der Waals surface area contributed by atoms with Gasteiger partial charge in [0.2, 0.25) is 0 Å². The van der Waals surface area contributed by atoms with Gasteiger partial charge >= 0.3 is 5.97 Å². The first kappa shape index (κ1) is 20.4. The summed E-state index contributed by atoms with van der Waals surface area (Å²) >= 11 is 0. The second kappa shape index (κ2) is 8.79. The van der Waals surface area contributed by atoms with Gasteiger partial charge in [0.25, 0.3) is 5.91 Å². The summed E-state index contributed by atoms with van der Waals surface area (Å²) in [4.78, 5) is 26.0. The summed E-state index contributed by atoms with van der Waals surface area (Å²) in [5.74, 6) is 0.474.